The van der Waals surface area contributed by atoms with E-state index in [4.69, 9.17) is 0 Å². The van der Waals surface area contributed by atoms with Crippen LogP contribution in [-0.4, -0.2) is 33.6 Å². The smallest absolute Gasteiger partial charge is 0.177 e. The van der Waals surface area contributed by atoms with E-state index in [9.17, 15) is 9.18 Å². The van der Waals surface area contributed by atoms with E-state index in [1.54, 1.807) is 23.0 Å². The highest BCUT2D eigenvalue weighted by molar-refractivity contribution is 7.12. The van der Waals surface area contributed by atoms with Gasteiger partial charge in [-0.25, -0.2) is 9.07 Å². The molecule has 0 unspecified atom stereocenters. The summed E-state index contributed by atoms with van der Waals surface area (Å²) in [7, 11) is 0. The third-order valence-corrected chi connectivity index (χ3v) is 6.18. The van der Waals surface area contributed by atoms with Gasteiger partial charge in [-0.05, 0) is 73.1 Å². The molecule has 0 amide bonds. The third kappa shape index (κ3) is 3.87. The van der Waals surface area contributed by atoms with Gasteiger partial charge in [-0.15, -0.1) is 11.3 Å². The fraction of sp³-hybridized carbons (Fsp3) is 0.333. The van der Waals surface area contributed by atoms with Gasteiger partial charge in [0.2, 0.25) is 0 Å². The van der Waals surface area contributed by atoms with Crippen molar-refractivity contribution in [1.82, 2.24) is 14.7 Å². The molecule has 1 saturated heterocycles. The highest BCUT2D eigenvalue weighted by Gasteiger charge is 2.28. The molecule has 1 aliphatic rings. The van der Waals surface area contributed by atoms with Crippen LogP contribution in [0.2, 0.25) is 0 Å². The van der Waals surface area contributed by atoms with Gasteiger partial charge in [-0.2, -0.15) is 5.10 Å². The molecule has 1 aliphatic heterocycles. The largest absolute Gasteiger partial charge is 0.298 e. The summed E-state index contributed by atoms with van der Waals surface area (Å²) >= 11 is 1.53. The molecule has 1 aromatic carbocycles. The normalized spacial score (nSPS) is 17.9. The predicted molar refractivity (Wildman–Crippen MR) is 105 cm³/mol. The molecule has 1 atom stereocenters. The maximum absolute atomic E-state index is 13.9. The monoisotopic (exact) mass is 383 g/mol. The number of likely N-dealkylation sites (tertiary alicyclic amines) is 1. The first-order valence-electron chi connectivity index (χ1n) is 9.21. The minimum Gasteiger partial charge on any atom is -0.298 e. The Morgan fingerprint density at radius 3 is 3.00 bits per heavy atom. The van der Waals surface area contributed by atoms with Crippen LogP contribution in [-0.2, 0) is 6.54 Å². The minimum atomic E-state index is -0.250. The van der Waals surface area contributed by atoms with E-state index in [2.05, 4.69) is 10.00 Å². The van der Waals surface area contributed by atoms with Crippen molar-refractivity contribution >= 4 is 17.1 Å². The molecule has 4 rings (SSSR count). The molecular weight excluding hydrogens is 361 g/mol. The second-order valence-electron chi connectivity index (χ2n) is 7.09. The number of ketones is 1. The molecule has 3 heterocycles. The zero-order chi connectivity index (χ0) is 18.8. The van der Waals surface area contributed by atoms with Gasteiger partial charge < -0.3 is 0 Å². The molecule has 0 bridgehead atoms. The molecule has 0 N–H and O–H groups in total. The average molecular weight is 383 g/mol. The second kappa shape index (κ2) is 7.74. The number of Topliss-reactive ketones (excluding diaryl/α,β-unsaturated/α-hetero) is 1. The quantitative estimate of drug-likeness (QED) is 0.610. The van der Waals surface area contributed by atoms with Crippen LogP contribution in [0.4, 0.5) is 4.39 Å². The van der Waals surface area contributed by atoms with Crippen molar-refractivity contribution in [2.24, 2.45) is 5.92 Å². The topological polar surface area (TPSA) is 38.1 Å². The molecule has 0 radical (unpaired) electrons. The number of rotatable bonds is 5. The third-order valence-electron chi connectivity index (χ3n) is 5.15. The summed E-state index contributed by atoms with van der Waals surface area (Å²) in [5, 5.41) is 6.26. The van der Waals surface area contributed by atoms with Gasteiger partial charge in [0.25, 0.3) is 0 Å². The first-order chi connectivity index (χ1) is 13.1. The Labute approximate surface area is 162 Å². The predicted octanol–water partition coefficient (Wildman–Crippen LogP) is 4.48. The lowest BCUT2D eigenvalue weighted by Gasteiger charge is -2.32. The van der Waals surface area contributed by atoms with Crippen molar-refractivity contribution in [2.75, 3.05) is 13.1 Å². The number of nitrogens with zero attached hydrogens (tertiary/aromatic N) is 3. The summed E-state index contributed by atoms with van der Waals surface area (Å²) < 4.78 is 15.6. The van der Waals surface area contributed by atoms with Crippen LogP contribution in [0.15, 0.2) is 48.1 Å². The van der Waals surface area contributed by atoms with Gasteiger partial charge in [0.15, 0.2) is 5.78 Å². The Kier molecular flexibility index (Phi) is 5.18. The summed E-state index contributed by atoms with van der Waals surface area (Å²) in [4.78, 5) is 16.0. The second-order valence-corrected chi connectivity index (χ2v) is 8.01. The summed E-state index contributed by atoms with van der Waals surface area (Å²) in [6.45, 7) is 4.24. The zero-order valence-corrected chi connectivity index (χ0v) is 16.1. The van der Waals surface area contributed by atoms with Crippen LogP contribution >= 0.6 is 11.3 Å². The summed E-state index contributed by atoms with van der Waals surface area (Å²) in [6.07, 6.45) is 5.47. The van der Waals surface area contributed by atoms with Crippen molar-refractivity contribution in [3.8, 4) is 5.69 Å². The Hall–Kier alpha value is -2.31. The van der Waals surface area contributed by atoms with Gasteiger partial charge in [0.05, 0.1) is 10.6 Å². The maximum Gasteiger partial charge on any atom is 0.177 e. The van der Waals surface area contributed by atoms with E-state index in [-0.39, 0.29) is 17.5 Å². The molecule has 6 heteroatoms. The summed E-state index contributed by atoms with van der Waals surface area (Å²) in [5.41, 5.74) is 2.83. The van der Waals surface area contributed by atoms with Crippen molar-refractivity contribution in [3.63, 3.8) is 0 Å². The van der Waals surface area contributed by atoms with E-state index in [0.29, 0.717) is 13.1 Å². The van der Waals surface area contributed by atoms with Gasteiger partial charge in [-0.1, -0.05) is 0 Å². The van der Waals surface area contributed by atoms with E-state index >= 15 is 0 Å². The molecule has 1 fully saturated rings. The van der Waals surface area contributed by atoms with Crippen LogP contribution < -0.4 is 0 Å². The number of benzene rings is 1. The molecule has 3 aromatic rings. The van der Waals surface area contributed by atoms with Crippen molar-refractivity contribution in [2.45, 2.75) is 26.3 Å². The van der Waals surface area contributed by atoms with Gasteiger partial charge in [-0.3, -0.25) is 9.69 Å². The van der Waals surface area contributed by atoms with Crippen LogP contribution in [0, 0.1) is 18.7 Å². The zero-order valence-electron chi connectivity index (χ0n) is 15.3. The van der Waals surface area contributed by atoms with Crippen molar-refractivity contribution < 1.29 is 9.18 Å². The number of thiophene rings is 1. The van der Waals surface area contributed by atoms with Gasteiger partial charge in [0.1, 0.15) is 5.82 Å². The standard InChI is InChI=1S/C21H22FN3OS/c1-15-7-11-27-21(15)20(26)16-4-2-9-24(13-16)14-17-12-18(22)5-6-19(17)25-10-3-8-23-25/h3,5-8,10-12,16H,2,4,9,13-14H2,1H3/t16-/m0/s1. The number of aromatic nitrogens is 2. The van der Waals surface area contributed by atoms with E-state index in [1.165, 1.54) is 17.4 Å². The van der Waals surface area contributed by atoms with Crippen LogP contribution in [0.5, 0.6) is 0 Å². The lowest BCUT2D eigenvalue weighted by atomic mass is 9.91. The average Bonchev–Trinajstić information content (AvgIpc) is 3.33. The first-order valence-corrected chi connectivity index (χ1v) is 10.1. The highest BCUT2D eigenvalue weighted by Crippen LogP contribution is 2.27. The van der Waals surface area contributed by atoms with E-state index in [1.807, 2.05) is 30.6 Å². The molecule has 0 saturated carbocycles. The van der Waals surface area contributed by atoms with Gasteiger partial charge >= 0.3 is 0 Å². The fourth-order valence-corrected chi connectivity index (χ4v) is 4.73. The lowest BCUT2D eigenvalue weighted by molar-refractivity contribution is 0.0815. The highest BCUT2D eigenvalue weighted by atomic mass is 32.1. The van der Waals surface area contributed by atoms with Crippen molar-refractivity contribution in [1.29, 1.82) is 0 Å². The SMILES string of the molecule is Cc1ccsc1C(=O)[C@H]1CCCN(Cc2cc(F)ccc2-n2cccn2)C1. The van der Waals surface area contributed by atoms with Crippen LogP contribution in [0.1, 0.15) is 33.6 Å². The molecule has 4 nitrogen and oxygen atoms in total. The molecule has 27 heavy (non-hydrogen) atoms. The number of hydrogen-bond acceptors (Lipinski definition) is 4. The number of carbonyl (C=O) groups excluding carboxylic acids is 1. The number of hydrogen-bond donors (Lipinski definition) is 0. The number of carbonyl (C=O) groups is 1. The summed E-state index contributed by atoms with van der Waals surface area (Å²) in [5.74, 6) is 0.0105. The Balaban J connectivity index is 1.53. The van der Waals surface area contributed by atoms with E-state index in [0.717, 1.165) is 41.1 Å². The van der Waals surface area contributed by atoms with Crippen molar-refractivity contribution in [3.05, 3.63) is 69.9 Å². The Morgan fingerprint density at radius 1 is 1.37 bits per heavy atom. The Bertz CT molecular complexity index is 935. The minimum absolute atomic E-state index is 0.0119. The fourth-order valence-electron chi connectivity index (χ4n) is 3.78. The first kappa shape index (κ1) is 18.1. The van der Waals surface area contributed by atoms with Gasteiger partial charge in [0, 0.05) is 31.4 Å². The Morgan fingerprint density at radius 2 is 2.26 bits per heavy atom. The van der Waals surface area contributed by atoms with Crippen LogP contribution in [0.25, 0.3) is 5.69 Å². The molecular formula is C21H22FN3OS. The number of aryl methyl sites for hydroxylation is 1. The lowest BCUT2D eigenvalue weighted by Crippen LogP contribution is -2.38. The van der Waals surface area contributed by atoms with E-state index < -0.39 is 0 Å². The van der Waals surface area contributed by atoms with Crippen LogP contribution in [0.3, 0.4) is 0 Å². The summed E-state index contributed by atoms with van der Waals surface area (Å²) in [6, 6.07) is 8.65. The molecule has 2 aromatic heterocycles. The molecule has 0 aliphatic carbocycles. The number of halogens is 1. The number of piperidine rings is 1. The maximum atomic E-state index is 13.9. The molecule has 0 spiro atoms. The molecule has 140 valence electrons.